The van der Waals surface area contributed by atoms with Crippen molar-refractivity contribution in [3.63, 3.8) is 0 Å². The molecule has 0 N–H and O–H groups in total. The summed E-state index contributed by atoms with van der Waals surface area (Å²) in [6.45, 7) is 0. The molecule has 0 aliphatic heterocycles. The summed E-state index contributed by atoms with van der Waals surface area (Å²) in [5, 5.41) is 9.60. The normalized spacial score (nSPS) is 11.5. The predicted octanol–water partition coefficient (Wildman–Crippen LogP) is 18.9. The van der Waals surface area contributed by atoms with Gasteiger partial charge in [0, 0.05) is 33.1 Å². The minimum Gasteiger partial charge on any atom is -0.455 e. The lowest BCUT2D eigenvalue weighted by molar-refractivity contribution is 0.670. The fraction of sp³-hybridized carbons (Fsp3) is 0. The Morgan fingerprint density at radius 1 is 0.265 bits per heavy atom. The summed E-state index contributed by atoms with van der Waals surface area (Å²) >= 11 is 0. The lowest BCUT2D eigenvalue weighted by Crippen LogP contribution is -2.10. The number of nitrogens with zero attached hydrogens (tertiary/aromatic N) is 1. The lowest BCUT2D eigenvalue weighted by Gasteiger charge is -2.28. The molecule has 0 unspecified atom stereocenters. The zero-order valence-corrected chi connectivity index (χ0v) is 37.2. The third-order valence-electron chi connectivity index (χ3n) is 13.7. The molecule has 0 spiro atoms. The van der Waals surface area contributed by atoms with Gasteiger partial charge in [-0.05, 0) is 119 Å². The van der Waals surface area contributed by atoms with Crippen LogP contribution >= 0.6 is 0 Å². The summed E-state index contributed by atoms with van der Waals surface area (Å²) < 4.78 is 6.46. The molecule has 0 bridgehead atoms. The largest absolute Gasteiger partial charge is 0.455 e. The van der Waals surface area contributed by atoms with Crippen molar-refractivity contribution in [2.24, 2.45) is 0 Å². The Labute approximate surface area is 395 Å². The van der Waals surface area contributed by atoms with E-state index in [2.05, 4.69) is 254 Å². The van der Waals surface area contributed by atoms with E-state index in [-0.39, 0.29) is 0 Å². The number of para-hydroxylation sites is 2. The molecule has 13 aromatic rings. The van der Waals surface area contributed by atoms with Crippen LogP contribution in [0.15, 0.2) is 265 Å². The highest BCUT2D eigenvalue weighted by Gasteiger charge is 2.20. The highest BCUT2D eigenvalue weighted by Crippen LogP contribution is 2.45. The van der Waals surface area contributed by atoms with E-state index in [0.29, 0.717) is 0 Å². The molecule has 12 aromatic carbocycles. The number of benzene rings is 12. The number of rotatable bonds is 8. The Kier molecular flexibility index (Phi) is 9.54. The molecule has 13 rings (SSSR count). The summed E-state index contributed by atoms with van der Waals surface area (Å²) in [6.07, 6.45) is 0. The van der Waals surface area contributed by atoms with Gasteiger partial charge in [-0.2, -0.15) is 0 Å². The molecule has 0 amide bonds. The van der Waals surface area contributed by atoms with Gasteiger partial charge in [0.25, 0.3) is 0 Å². The number of hydrogen-bond donors (Lipinski definition) is 0. The summed E-state index contributed by atoms with van der Waals surface area (Å²) in [5.74, 6) is 0. The van der Waals surface area contributed by atoms with Gasteiger partial charge < -0.3 is 9.32 Å². The van der Waals surface area contributed by atoms with Gasteiger partial charge in [-0.3, -0.25) is 0 Å². The van der Waals surface area contributed by atoms with Crippen molar-refractivity contribution < 1.29 is 4.42 Å². The van der Waals surface area contributed by atoms with Crippen LogP contribution in [0.2, 0.25) is 0 Å². The van der Waals surface area contributed by atoms with Gasteiger partial charge in [-0.15, -0.1) is 0 Å². The summed E-state index contributed by atoms with van der Waals surface area (Å²) in [5.41, 5.74) is 16.8. The van der Waals surface area contributed by atoms with Crippen molar-refractivity contribution in [3.8, 4) is 55.6 Å². The van der Waals surface area contributed by atoms with E-state index in [0.717, 1.165) is 61.3 Å². The summed E-state index contributed by atoms with van der Waals surface area (Å²) in [4.78, 5) is 2.42. The minimum atomic E-state index is 0.906. The van der Waals surface area contributed by atoms with E-state index >= 15 is 0 Å². The zero-order chi connectivity index (χ0) is 45.0. The Balaban J connectivity index is 0.922. The van der Waals surface area contributed by atoms with Crippen LogP contribution in [-0.4, -0.2) is 0 Å². The lowest BCUT2D eigenvalue weighted by atomic mass is 9.89. The molecule has 0 fully saturated rings. The van der Waals surface area contributed by atoms with Crippen LogP contribution < -0.4 is 4.90 Å². The van der Waals surface area contributed by atoms with Crippen molar-refractivity contribution in [2.75, 3.05) is 4.90 Å². The van der Waals surface area contributed by atoms with Gasteiger partial charge in [-0.1, -0.05) is 218 Å². The van der Waals surface area contributed by atoms with Gasteiger partial charge in [-0.25, -0.2) is 0 Å². The van der Waals surface area contributed by atoms with E-state index in [1.165, 1.54) is 65.7 Å². The summed E-state index contributed by atoms with van der Waals surface area (Å²) in [6, 6.07) is 94.5. The van der Waals surface area contributed by atoms with Crippen LogP contribution in [0.1, 0.15) is 0 Å². The van der Waals surface area contributed by atoms with E-state index < -0.39 is 0 Å². The molecule has 0 atom stereocenters. The van der Waals surface area contributed by atoms with Crippen LogP contribution in [0.25, 0.3) is 110 Å². The molecular weight excluding hydrogens is 823 g/mol. The Morgan fingerprint density at radius 2 is 0.794 bits per heavy atom. The maximum Gasteiger partial charge on any atom is 0.143 e. The van der Waals surface area contributed by atoms with E-state index in [4.69, 9.17) is 4.42 Å². The molecule has 0 radical (unpaired) electrons. The minimum absolute atomic E-state index is 0.906. The topological polar surface area (TPSA) is 16.4 Å². The molecule has 2 heteroatoms. The highest BCUT2D eigenvalue weighted by atomic mass is 16.3. The fourth-order valence-electron chi connectivity index (χ4n) is 10.4. The fourth-order valence-corrected chi connectivity index (χ4v) is 10.4. The molecular formula is C66H43NO. The molecule has 68 heavy (non-hydrogen) atoms. The third-order valence-corrected chi connectivity index (χ3v) is 13.7. The summed E-state index contributed by atoms with van der Waals surface area (Å²) in [7, 11) is 0. The van der Waals surface area contributed by atoms with Crippen LogP contribution in [0.4, 0.5) is 17.1 Å². The standard InChI is InChI=1S/C66H43NO/c1-2-14-44(15-3-1)45-28-30-48(31-29-45)57-41-36-47-16-4-7-21-56(47)65(57)49-34-39-54(40-35-49)67(63-43-52-17-5-6-20-55(52)59-22-8-9-23-60(59)63)53-37-32-46(33-38-53)50-18-12-19-51(42-50)58-25-13-26-62-61-24-10-11-27-64(61)68-66(58)62/h1-43H. The maximum atomic E-state index is 6.46. The van der Waals surface area contributed by atoms with Crippen molar-refractivity contribution in [1.29, 1.82) is 0 Å². The van der Waals surface area contributed by atoms with Crippen molar-refractivity contribution >= 4 is 71.3 Å². The second kappa shape index (κ2) is 16.5. The predicted molar refractivity (Wildman–Crippen MR) is 288 cm³/mol. The van der Waals surface area contributed by atoms with Gasteiger partial charge in [0.1, 0.15) is 11.2 Å². The maximum absolute atomic E-state index is 6.46. The number of fused-ring (bicyclic) bond motifs is 7. The van der Waals surface area contributed by atoms with Gasteiger partial charge in [0.05, 0.1) is 5.69 Å². The van der Waals surface area contributed by atoms with E-state index in [1.807, 2.05) is 12.1 Å². The number of anilines is 3. The molecule has 1 heterocycles. The molecule has 0 aliphatic rings. The molecule has 0 saturated heterocycles. The van der Waals surface area contributed by atoms with Crippen LogP contribution in [0, 0.1) is 0 Å². The number of furan rings is 1. The van der Waals surface area contributed by atoms with Crippen molar-refractivity contribution in [1.82, 2.24) is 0 Å². The molecule has 0 aliphatic carbocycles. The van der Waals surface area contributed by atoms with Gasteiger partial charge in [0.2, 0.25) is 0 Å². The average Bonchev–Trinajstić information content (AvgIpc) is 3.81. The monoisotopic (exact) mass is 865 g/mol. The van der Waals surface area contributed by atoms with Crippen LogP contribution in [0.5, 0.6) is 0 Å². The van der Waals surface area contributed by atoms with E-state index in [9.17, 15) is 0 Å². The second-order valence-electron chi connectivity index (χ2n) is 17.6. The van der Waals surface area contributed by atoms with Gasteiger partial charge >= 0.3 is 0 Å². The number of hydrogen-bond acceptors (Lipinski definition) is 2. The second-order valence-corrected chi connectivity index (χ2v) is 17.6. The van der Waals surface area contributed by atoms with Gasteiger partial charge in [0.15, 0.2) is 0 Å². The Bertz CT molecular complexity index is 4000. The van der Waals surface area contributed by atoms with Crippen molar-refractivity contribution in [2.45, 2.75) is 0 Å². The molecule has 318 valence electrons. The Morgan fingerprint density at radius 3 is 1.57 bits per heavy atom. The first-order valence-corrected chi connectivity index (χ1v) is 23.3. The Hall–Kier alpha value is -8.98. The smallest absolute Gasteiger partial charge is 0.143 e. The average molecular weight is 866 g/mol. The van der Waals surface area contributed by atoms with Crippen molar-refractivity contribution in [3.05, 3.63) is 261 Å². The first-order valence-electron chi connectivity index (χ1n) is 23.3. The first kappa shape index (κ1) is 39.4. The third kappa shape index (κ3) is 6.82. The SMILES string of the molecule is c1ccc(-c2ccc(-c3ccc4ccccc4c3-c3ccc(N(c4ccc(-c5cccc(-c6cccc7c6oc6ccccc67)c5)cc4)c4cc5ccccc5c5ccccc45)cc3)cc2)cc1. The molecule has 1 aromatic heterocycles. The molecule has 2 nitrogen and oxygen atoms in total. The first-order chi connectivity index (χ1) is 33.7. The quantitative estimate of drug-likeness (QED) is 0.142. The van der Waals surface area contributed by atoms with Crippen LogP contribution in [-0.2, 0) is 0 Å². The van der Waals surface area contributed by atoms with Crippen LogP contribution in [0.3, 0.4) is 0 Å². The zero-order valence-electron chi connectivity index (χ0n) is 37.2. The molecule has 0 saturated carbocycles. The van der Waals surface area contributed by atoms with E-state index in [1.54, 1.807) is 0 Å². The highest BCUT2D eigenvalue weighted by molar-refractivity contribution is 6.15.